The Morgan fingerprint density at radius 3 is 2.61 bits per heavy atom. The number of ether oxygens (including phenoxy) is 1. The molecular formula is C21H19N5O3S2. The maximum atomic E-state index is 13.0. The fourth-order valence-electron chi connectivity index (χ4n) is 3.59. The monoisotopic (exact) mass is 453 g/mol. The van der Waals surface area contributed by atoms with E-state index in [2.05, 4.69) is 15.0 Å². The van der Waals surface area contributed by atoms with Crippen LogP contribution in [0, 0.1) is 0 Å². The van der Waals surface area contributed by atoms with Gasteiger partial charge in [-0.1, -0.05) is 6.07 Å². The van der Waals surface area contributed by atoms with Crippen molar-refractivity contribution in [3.05, 3.63) is 53.9 Å². The minimum Gasteiger partial charge on any atom is -0.378 e. The molecule has 8 nitrogen and oxygen atoms in total. The predicted molar refractivity (Wildman–Crippen MR) is 119 cm³/mol. The molecule has 31 heavy (non-hydrogen) atoms. The summed E-state index contributed by atoms with van der Waals surface area (Å²) in [5.74, 6) is 0.398. The largest absolute Gasteiger partial charge is 0.378 e. The highest BCUT2D eigenvalue weighted by Crippen LogP contribution is 2.28. The molecule has 10 heteroatoms. The molecule has 1 amide bonds. The lowest BCUT2D eigenvalue weighted by molar-refractivity contribution is 0.0303. The number of thiazole rings is 1. The number of fused-ring (bicyclic) bond motifs is 1. The third-order valence-electron chi connectivity index (χ3n) is 5.16. The summed E-state index contributed by atoms with van der Waals surface area (Å²) in [6.07, 6.45) is 8.60. The zero-order valence-electron chi connectivity index (χ0n) is 16.7. The van der Waals surface area contributed by atoms with Gasteiger partial charge in [-0.25, -0.2) is 15.0 Å². The molecule has 3 aromatic heterocycles. The average Bonchev–Trinajstić information content (AvgIpc) is 3.47. The van der Waals surface area contributed by atoms with Crippen molar-refractivity contribution in [2.24, 2.45) is 0 Å². The van der Waals surface area contributed by atoms with E-state index in [0.29, 0.717) is 42.7 Å². The first-order chi connectivity index (χ1) is 15.1. The van der Waals surface area contributed by atoms with E-state index in [4.69, 9.17) is 4.74 Å². The summed E-state index contributed by atoms with van der Waals surface area (Å²) in [7, 11) is -1.20. The Kier molecular flexibility index (Phi) is 5.34. The number of carbonyl (C=O) groups excluding carboxylic acids is 1. The van der Waals surface area contributed by atoms with Gasteiger partial charge in [-0.05, 0) is 12.1 Å². The number of hydrogen-bond donors (Lipinski definition) is 0. The van der Waals surface area contributed by atoms with Crippen LogP contribution in [-0.4, -0.2) is 67.1 Å². The van der Waals surface area contributed by atoms with E-state index in [9.17, 15) is 9.00 Å². The molecular weight excluding hydrogens is 434 g/mol. The standard InChI is InChI=1S/C21H19N5O3S2/c1-31(28)18-13-26(21-23-11-15(12-24-21)19-22-4-9-30-19)17-10-14(2-3-16(17)18)20(27)25-5-7-29-8-6-25/h2-4,9-13H,5-8H2,1H3. The van der Waals surface area contributed by atoms with Gasteiger partial charge in [0.25, 0.3) is 5.91 Å². The number of nitrogens with zero attached hydrogens (tertiary/aromatic N) is 5. The van der Waals surface area contributed by atoms with Gasteiger partial charge in [0.2, 0.25) is 5.95 Å². The smallest absolute Gasteiger partial charge is 0.254 e. The van der Waals surface area contributed by atoms with Crippen LogP contribution in [0.1, 0.15) is 10.4 Å². The van der Waals surface area contributed by atoms with Crippen LogP contribution in [0.15, 0.2) is 53.3 Å². The Balaban J connectivity index is 1.58. The van der Waals surface area contributed by atoms with Gasteiger partial charge < -0.3 is 9.64 Å². The third-order valence-corrected chi connectivity index (χ3v) is 6.92. The van der Waals surface area contributed by atoms with Crippen molar-refractivity contribution in [3.63, 3.8) is 0 Å². The van der Waals surface area contributed by atoms with Crippen molar-refractivity contribution in [1.82, 2.24) is 24.4 Å². The lowest BCUT2D eigenvalue weighted by Gasteiger charge is -2.26. The molecule has 0 radical (unpaired) electrons. The highest BCUT2D eigenvalue weighted by molar-refractivity contribution is 7.84. The number of benzene rings is 1. The molecule has 1 aromatic carbocycles. The Labute approximate surface area is 185 Å². The topological polar surface area (TPSA) is 90.2 Å². The molecule has 4 heterocycles. The molecule has 0 N–H and O–H groups in total. The van der Waals surface area contributed by atoms with Gasteiger partial charge >= 0.3 is 0 Å². The van der Waals surface area contributed by atoms with Gasteiger partial charge in [0.05, 0.1) is 34.4 Å². The lowest BCUT2D eigenvalue weighted by atomic mass is 10.1. The van der Waals surface area contributed by atoms with Crippen molar-refractivity contribution in [2.45, 2.75) is 4.90 Å². The second-order valence-electron chi connectivity index (χ2n) is 7.06. The zero-order valence-corrected chi connectivity index (χ0v) is 18.4. The number of carbonyl (C=O) groups is 1. The van der Waals surface area contributed by atoms with Crippen LogP contribution in [-0.2, 0) is 15.5 Å². The maximum absolute atomic E-state index is 13.0. The minimum absolute atomic E-state index is 0.0443. The molecule has 1 aliphatic heterocycles. The van der Waals surface area contributed by atoms with Crippen molar-refractivity contribution >= 4 is 38.9 Å². The summed E-state index contributed by atoms with van der Waals surface area (Å²) in [5, 5.41) is 3.56. The van der Waals surface area contributed by atoms with Gasteiger partial charge in [-0.3, -0.25) is 13.6 Å². The van der Waals surface area contributed by atoms with Crippen LogP contribution in [0.25, 0.3) is 27.4 Å². The Morgan fingerprint density at radius 2 is 1.94 bits per heavy atom. The van der Waals surface area contributed by atoms with Crippen molar-refractivity contribution in [1.29, 1.82) is 0 Å². The van der Waals surface area contributed by atoms with Crippen LogP contribution in [0.3, 0.4) is 0 Å². The number of amides is 1. The van der Waals surface area contributed by atoms with Gasteiger partial charge in [0.15, 0.2) is 0 Å². The summed E-state index contributed by atoms with van der Waals surface area (Å²) in [4.78, 5) is 28.7. The molecule has 158 valence electrons. The van der Waals surface area contributed by atoms with E-state index in [1.54, 1.807) is 46.6 Å². The highest BCUT2D eigenvalue weighted by Gasteiger charge is 2.21. The molecule has 1 aliphatic rings. The molecule has 1 saturated heterocycles. The van der Waals surface area contributed by atoms with Crippen LogP contribution in [0.5, 0.6) is 0 Å². The van der Waals surface area contributed by atoms with Crippen LogP contribution < -0.4 is 0 Å². The van der Waals surface area contributed by atoms with Crippen LogP contribution in [0.2, 0.25) is 0 Å². The normalized spacial score (nSPS) is 15.3. The number of rotatable bonds is 4. The van der Waals surface area contributed by atoms with Gasteiger partial charge in [0, 0.05) is 66.0 Å². The quantitative estimate of drug-likeness (QED) is 0.472. The van der Waals surface area contributed by atoms with Gasteiger partial charge in [-0.15, -0.1) is 11.3 Å². The SMILES string of the molecule is CS(=O)c1cn(-c2ncc(-c3nccs3)cn2)c2cc(C(=O)N3CCOCC3)ccc12. The molecule has 0 spiro atoms. The zero-order chi connectivity index (χ0) is 21.4. The molecule has 1 unspecified atom stereocenters. The third kappa shape index (κ3) is 3.78. The van der Waals surface area contributed by atoms with Gasteiger partial charge in [0.1, 0.15) is 5.01 Å². The Bertz CT molecular complexity index is 1260. The summed E-state index contributed by atoms with van der Waals surface area (Å²) in [5.41, 5.74) is 2.14. The Morgan fingerprint density at radius 1 is 1.16 bits per heavy atom. The van der Waals surface area contributed by atoms with E-state index in [1.807, 2.05) is 17.5 Å². The van der Waals surface area contributed by atoms with Crippen LogP contribution >= 0.6 is 11.3 Å². The fraction of sp³-hybridized carbons (Fsp3) is 0.238. The summed E-state index contributed by atoms with van der Waals surface area (Å²) in [6, 6.07) is 5.45. The summed E-state index contributed by atoms with van der Waals surface area (Å²) >= 11 is 1.52. The second-order valence-corrected chi connectivity index (χ2v) is 9.31. The van der Waals surface area contributed by atoms with E-state index in [-0.39, 0.29) is 5.91 Å². The molecule has 4 aromatic rings. The molecule has 0 aliphatic carbocycles. The summed E-state index contributed by atoms with van der Waals surface area (Å²) in [6.45, 7) is 2.23. The summed E-state index contributed by atoms with van der Waals surface area (Å²) < 4.78 is 19.5. The fourth-order valence-corrected chi connectivity index (χ4v) is 4.94. The van der Waals surface area contributed by atoms with E-state index < -0.39 is 10.8 Å². The number of aromatic nitrogens is 4. The van der Waals surface area contributed by atoms with E-state index in [0.717, 1.165) is 21.5 Å². The molecule has 0 saturated carbocycles. The molecule has 5 rings (SSSR count). The average molecular weight is 454 g/mol. The minimum atomic E-state index is -1.20. The first-order valence-electron chi connectivity index (χ1n) is 9.69. The number of morpholine rings is 1. The van der Waals surface area contributed by atoms with E-state index >= 15 is 0 Å². The molecule has 1 fully saturated rings. The molecule has 1 atom stereocenters. The maximum Gasteiger partial charge on any atom is 0.254 e. The lowest BCUT2D eigenvalue weighted by Crippen LogP contribution is -2.40. The highest BCUT2D eigenvalue weighted by atomic mass is 32.2. The first-order valence-corrected chi connectivity index (χ1v) is 12.1. The Hall–Kier alpha value is -2.95. The van der Waals surface area contributed by atoms with Gasteiger partial charge in [-0.2, -0.15) is 0 Å². The second kappa shape index (κ2) is 8.29. The predicted octanol–water partition coefficient (Wildman–Crippen LogP) is 2.75. The van der Waals surface area contributed by atoms with Crippen molar-refractivity contribution in [2.75, 3.05) is 32.6 Å². The van der Waals surface area contributed by atoms with Crippen molar-refractivity contribution in [3.8, 4) is 16.5 Å². The van der Waals surface area contributed by atoms with E-state index in [1.165, 1.54) is 11.3 Å². The van der Waals surface area contributed by atoms with Crippen molar-refractivity contribution < 1.29 is 13.7 Å². The van der Waals surface area contributed by atoms with Crippen LogP contribution in [0.4, 0.5) is 0 Å². The first kappa shape index (κ1) is 20.0. The molecule has 0 bridgehead atoms. The number of hydrogen-bond acceptors (Lipinski definition) is 7.